The Morgan fingerprint density at radius 1 is 1.29 bits per heavy atom. The Balaban J connectivity index is 1.47. The maximum atomic E-state index is 12.4. The first kappa shape index (κ1) is 20.9. The van der Waals surface area contributed by atoms with Crippen LogP contribution < -0.4 is 4.72 Å². The summed E-state index contributed by atoms with van der Waals surface area (Å²) in [7, 11) is -2.42. The quantitative estimate of drug-likeness (QED) is 0.665. The molecule has 0 amide bonds. The number of hydrogen-bond donors (Lipinski definition) is 2. The second-order valence-electron chi connectivity index (χ2n) is 6.94. The van der Waals surface area contributed by atoms with Crippen molar-refractivity contribution in [3.8, 4) is 0 Å². The van der Waals surface area contributed by atoms with Crippen LogP contribution in [-0.2, 0) is 21.3 Å². The lowest BCUT2D eigenvalue weighted by atomic mass is 9.97. The van der Waals surface area contributed by atoms with Gasteiger partial charge in [0.05, 0.1) is 7.11 Å². The van der Waals surface area contributed by atoms with Gasteiger partial charge in [0.15, 0.2) is 0 Å². The predicted octanol–water partition coefficient (Wildman–Crippen LogP) is 2.65. The van der Waals surface area contributed by atoms with Crippen LogP contribution in [0.3, 0.4) is 0 Å². The lowest BCUT2D eigenvalue weighted by Crippen LogP contribution is -2.38. The van der Waals surface area contributed by atoms with Crippen LogP contribution in [0, 0.1) is 5.92 Å². The number of aromatic amines is 1. The minimum atomic E-state index is -3.66. The topological polar surface area (TPSA) is 91.5 Å². The fourth-order valence-electron chi connectivity index (χ4n) is 3.27. The molecule has 1 saturated heterocycles. The Labute approximate surface area is 170 Å². The Hall–Kier alpha value is -1.87. The number of ether oxygens (including phenoxy) is 1. The molecule has 1 aliphatic rings. The molecular weight excluding hydrogens is 402 g/mol. The van der Waals surface area contributed by atoms with Crippen molar-refractivity contribution in [1.29, 1.82) is 0 Å². The highest BCUT2D eigenvalue weighted by atomic mass is 35.5. The number of carbonyl (C=O) groups is 1. The van der Waals surface area contributed by atoms with Crippen molar-refractivity contribution in [2.45, 2.75) is 24.3 Å². The van der Waals surface area contributed by atoms with Gasteiger partial charge < -0.3 is 9.72 Å². The van der Waals surface area contributed by atoms with Crippen LogP contribution in [0.4, 0.5) is 0 Å². The number of piperidine rings is 1. The van der Waals surface area contributed by atoms with E-state index >= 15 is 0 Å². The highest BCUT2D eigenvalue weighted by molar-refractivity contribution is 7.89. The summed E-state index contributed by atoms with van der Waals surface area (Å²) in [5, 5.41) is 0.732. The van der Waals surface area contributed by atoms with Gasteiger partial charge in [-0.2, -0.15) is 0 Å². The van der Waals surface area contributed by atoms with Gasteiger partial charge in [-0.15, -0.1) is 0 Å². The highest BCUT2D eigenvalue weighted by Crippen LogP contribution is 2.20. The summed E-state index contributed by atoms with van der Waals surface area (Å²) in [5.74, 6) is -0.315. The molecule has 2 N–H and O–H groups in total. The Kier molecular flexibility index (Phi) is 6.77. The average Bonchev–Trinajstić information content (AvgIpc) is 3.20. The zero-order valence-corrected chi connectivity index (χ0v) is 17.2. The molecule has 0 atom stereocenters. The summed E-state index contributed by atoms with van der Waals surface area (Å²) in [4.78, 5) is 16.5. The van der Waals surface area contributed by atoms with E-state index in [0.717, 1.165) is 37.5 Å². The van der Waals surface area contributed by atoms with E-state index in [1.165, 1.54) is 24.9 Å². The van der Waals surface area contributed by atoms with Gasteiger partial charge in [0.25, 0.3) is 0 Å². The molecule has 1 aromatic heterocycles. The monoisotopic (exact) mass is 425 g/mol. The fourth-order valence-corrected chi connectivity index (χ4v) is 4.50. The highest BCUT2D eigenvalue weighted by Gasteiger charge is 2.23. The summed E-state index contributed by atoms with van der Waals surface area (Å²) in [5.41, 5.74) is 1.33. The fraction of sp³-hybridized carbons (Fsp3) is 0.421. The zero-order chi connectivity index (χ0) is 20.1. The SMILES string of the molecule is COC(=O)c1cc(S(=O)(=O)NCC2CCN(Cc3ccc(Cl)cc3)CC2)c[nH]1. The lowest BCUT2D eigenvalue weighted by molar-refractivity contribution is 0.0594. The molecule has 7 nitrogen and oxygen atoms in total. The number of benzene rings is 1. The van der Waals surface area contributed by atoms with E-state index in [1.807, 2.05) is 24.3 Å². The number of nitrogens with zero attached hydrogens (tertiary/aromatic N) is 1. The minimum absolute atomic E-state index is 0.0353. The van der Waals surface area contributed by atoms with E-state index in [-0.39, 0.29) is 16.5 Å². The predicted molar refractivity (Wildman–Crippen MR) is 107 cm³/mol. The molecule has 28 heavy (non-hydrogen) atoms. The molecule has 2 aromatic rings. The Bertz CT molecular complexity index is 904. The number of methoxy groups -OCH3 is 1. The molecule has 1 aliphatic heterocycles. The molecule has 0 unspecified atom stereocenters. The number of rotatable bonds is 7. The van der Waals surface area contributed by atoms with Crippen LogP contribution in [0.1, 0.15) is 28.9 Å². The third-order valence-electron chi connectivity index (χ3n) is 4.96. The van der Waals surface area contributed by atoms with Crippen LogP contribution in [0.2, 0.25) is 5.02 Å². The van der Waals surface area contributed by atoms with Crippen molar-refractivity contribution in [3.05, 3.63) is 52.8 Å². The molecule has 9 heteroatoms. The van der Waals surface area contributed by atoms with E-state index in [0.29, 0.717) is 6.54 Å². The maximum Gasteiger partial charge on any atom is 0.354 e. The van der Waals surface area contributed by atoms with Crippen molar-refractivity contribution in [3.63, 3.8) is 0 Å². The second kappa shape index (κ2) is 9.09. The molecule has 2 heterocycles. The number of aromatic nitrogens is 1. The van der Waals surface area contributed by atoms with Crippen molar-refractivity contribution in [1.82, 2.24) is 14.6 Å². The van der Waals surface area contributed by atoms with Crippen LogP contribution in [0.15, 0.2) is 41.4 Å². The Morgan fingerprint density at radius 3 is 2.61 bits per heavy atom. The molecule has 0 bridgehead atoms. The van der Waals surface area contributed by atoms with Crippen molar-refractivity contribution < 1.29 is 17.9 Å². The van der Waals surface area contributed by atoms with Crippen molar-refractivity contribution in [2.24, 2.45) is 5.92 Å². The average molecular weight is 426 g/mol. The van der Waals surface area contributed by atoms with Gasteiger partial charge >= 0.3 is 5.97 Å². The van der Waals surface area contributed by atoms with Gasteiger partial charge in [-0.3, -0.25) is 4.90 Å². The smallest absolute Gasteiger partial charge is 0.354 e. The summed E-state index contributed by atoms with van der Waals surface area (Å²) in [6, 6.07) is 9.13. The molecule has 0 saturated carbocycles. The van der Waals surface area contributed by atoms with E-state index in [9.17, 15) is 13.2 Å². The van der Waals surface area contributed by atoms with Gasteiger partial charge in [-0.25, -0.2) is 17.9 Å². The number of esters is 1. The summed E-state index contributed by atoms with van der Waals surface area (Å²) < 4.78 is 32.1. The van der Waals surface area contributed by atoms with Crippen LogP contribution in [0.5, 0.6) is 0 Å². The third-order valence-corrected chi connectivity index (χ3v) is 6.62. The molecular formula is C19H24ClN3O4S. The zero-order valence-electron chi connectivity index (χ0n) is 15.7. The standard InChI is InChI=1S/C19H24ClN3O4S/c1-27-19(24)18-10-17(12-21-18)28(25,26)22-11-14-6-8-23(9-7-14)13-15-2-4-16(20)5-3-15/h2-5,10,12,14,21-22H,6-9,11,13H2,1H3. The number of carbonyl (C=O) groups excluding carboxylic acids is 1. The summed E-state index contributed by atoms with van der Waals surface area (Å²) in [6.45, 7) is 3.10. The van der Waals surface area contributed by atoms with E-state index in [2.05, 4.69) is 19.3 Å². The van der Waals surface area contributed by atoms with Gasteiger partial charge in [0.1, 0.15) is 10.6 Å². The minimum Gasteiger partial charge on any atom is -0.464 e. The van der Waals surface area contributed by atoms with E-state index < -0.39 is 16.0 Å². The number of hydrogen-bond acceptors (Lipinski definition) is 5. The van der Waals surface area contributed by atoms with Gasteiger partial charge in [-0.05, 0) is 55.6 Å². The molecule has 152 valence electrons. The molecule has 0 spiro atoms. The first-order valence-corrected chi connectivity index (χ1v) is 11.0. The first-order chi connectivity index (χ1) is 13.4. The van der Waals surface area contributed by atoms with Crippen LogP contribution >= 0.6 is 11.6 Å². The van der Waals surface area contributed by atoms with Gasteiger partial charge in [0.2, 0.25) is 10.0 Å². The number of H-pyrrole nitrogens is 1. The molecule has 0 radical (unpaired) electrons. The second-order valence-corrected chi connectivity index (χ2v) is 9.14. The van der Waals surface area contributed by atoms with Gasteiger partial charge in [-0.1, -0.05) is 23.7 Å². The molecule has 1 aromatic carbocycles. The lowest BCUT2D eigenvalue weighted by Gasteiger charge is -2.32. The summed E-state index contributed by atoms with van der Waals surface area (Å²) in [6.07, 6.45) is 3.15. The molecule has 0 aliphatic carbocycles. The van der Waals surface area contributed by atoms with Crippen LogP contribution in [-0.4, -0.2) is 51.0 Å². The van der Waals surface area contributed by atoms with Crippen molar-refractivity contribution >= 4 is 27.6 Å². The third kappa shape index (κ3) is 5.35. The number of nitrogens with one attached hydrogen (secondary N) is 2. The van der Waals surface area contributed by atoms with Crippen molar-refractivity contribution in [2.75, 3.05) is 26.7 Å². The Morgan fingerprint density at radius 2 is 1.96 bits per heavy atom. The van der Waals surface area contributed by atoms with E-state index in [4.69, 9.17) is 11.6 Å². The number of sulfonamides is 1. The normalized spacial score (nSPS) is 16.2. The van der Waals surface area contributed by atoms with Crippen LogP contribution in [0.25, 0.3) is 0 Å². The van der Waals surface area contributed by atoms with Gasteiger partial charge in [0, 0.05) is 24.3 Å². The number of likely N-dealkylation sites (tertiary alicyclic amines) is 1. The van der Waals surface area contributed by atoms with E-state index in [1.54, 1.807) is 0 Å². The molecule has 1 fully saturated rings. The summed E-state index contributed by atoms with van der Waals surface area (Å²) >= 11 is 5.92. The first-order valence-electron chi connectivity index (χ1n) is 9.10. The molecule has 3 rings (SSSR count). The number of halogens is 1. The largest absolute Gasteiger partial charge is 0.464 e. The maximum absolute atomic E-state index is 12.4.